The SMILES string of the molecule is CC(C)C[C@H](NC(=O)[C@H](C)N)C(=O)N[C@@H](CCC(=O)O)C(=O)O. The fourth-order valence-corrected chi connectivity index (χ4v) is 1.80. The first kappa shape index (κ1) is 20.8. The lowest BCUT2D eigenvalue weighted by Gasteiger charge is -2.23. The molecular formula is C14H25N3O6. The number of carboxylic acids is 2. The number of nitrogens with one attached hydrogen (secondary N) is 2. The van der Waals surface area contributed by atoms with Gasteiger partial charge in [0.2, 0.25) is 11.8 Å². The lowest BCUT2D eigenvalue weighted by atomic mass is 10.0. The van der Waals surface area contributed by atoms with E-state index in [-0.39, 0.29) is 12.3 Å². The molecule has 0 rings (SSSR count). The summed E-state index contributed by atoms with van der Waals surface area (Å²) in [6.07, 6.45) is -0.333. The molecule has 0 radical (unpaired) electrons. The van der Waals surface area contributed by atoms with Crippen LogP contribution in [-0.4, -0.2) is 52.1 Å². The second kappa shape index (κ2) is 9.78. The van der Waals surface area contributed by atoms with Gasteiger partial charge in [-0.25, -0.2) is 4.79 Å². The van der Waals surface area contributed by atoms with E-state index in [0.29, 0.717) is 6.42 Å². The van der Waals surface area contributed by atoms with E-state index in [0.717, 1.165) is 0 Å². The molecule has 3 atom stereocenters. The number of hydrogen-bond donors (Lipinski definition) is 5. The number of carbonyl (C=O) groups excluding carboxylic acids is 2. The molecule has 0 heterocycles. The van der Waals surface area contributed by atoms with Crippen LogP contribution in [0.5, 0.6) is 0 Å². The smallest absolute Gasteiger partial charge is 0.326 e. The third kappa shape index (κ3) is 8.77. The fraction of sp³-hybridized carbons (Fsp3) is 0.714. The Morgan fingerprint density at radius 3 is 1.87 bits per heavy atom. The molecule has 0 aromatic heterocycles. The molecule has 23 heavy (non-hydrogen) atoms. The Hall–Kier alpha value is -2.16. The summed E-state index contributed by atoms with van der Waals surface area (Å²) in [5.74, 6) is -3.62. The highest BCUT2D eigenvalue weighted by Crippen LogP contribution is 2.07. The van der Waals surface area contributed by atoms with E-state index in [4.69, 9.17) is 15.9 Å². The highest BCUT2D eigenvalue weighted by atomic mass is 16.4. The van der Waals surface area contributed by atoms with Gasteiger partial charge in [0.25, 0.3) is 0 Å². The Bertz CT molecular complexity index is 450. The van der Waals surface area contributed by atoms with Crippen LogP contribution in [0.2, 0.25) is 0 Å². The molecule has 2 amide bonds. The Kier molecular flexibility index (Phi) is 8.86. The van der Waals surface area contributed by atoms with Gasteiger partial charge in [-0.2, -0.15) is 0 Å². The summed E-state index contributed by atoms with van der Waals surface area (Å²) in [6, 6.07) is -3.07. The average Bonchev–Trinajstić information content (AvgIpc) is 2.40. The molecule has 9 heteroatoms. The highest BCUT2D eigenvalue weighted by Gasteiger charge is 2.28. The van der Waals surface area contributed by atoms with E-state index in [2.05, 4.69) is 10.6 Å². The number of carboxylic acid groups (broad SMARTS) is 2. The maximum absolute atomic E-state index is 12.2. The van der Waals surface area contributed by atoms with Crippen LogP contribution in [0.25, 0.3) is 0 Å². The van der Waals surface area contributed by atoms with Crippen molar-refractivity contribution in [2.24, 2.45) is 11.7 Å². The summed E-state index contributed by atoms with van der Waals surface area (Å²) >= 11 is 0. The number of aliphatic carboxylic acids is 2. The molecule has 0 aliphatic carbocycles. The van der Waals surface area contributed by atoms with Gasteiger partial charge in [0.15, 0.2) is 0 Å². The molecule has 0 aromatic rings. The topological polar surface area (TPSA) is 159 Å². The molecule has 0 spiro atoms. The fourth-order valence-electron chi connectivity index (χ4n) is 1.80. The van der Waals surface area contributed by atoms with Crippen molar-refractivity contribution < 1.29 is 29.4 Å². The molecule has 0 aliphatic rings. The molecule has 0 fully saturated rings. The van der Waals surface area contributed by atoms with E-state index in [1.165, 1.54) is 6.92 Å². The summed E-state index contributed by atoms with van der Waals surface area (Å²) < 4.78 is 0. The first-order valence-corrected chi connectivity index (χ1v) is 7.35. The van der Waals surface area contributed by atoms with Gasteiger partial charge >= 0.3 is 11.9 Å². The average molecular weight is 331 g/mol. The maximum Gasteiger partial charge on any atom is 0.326 e. The Labute approximate surface area is 134 Å². The number of hydrogen-bond acceptors (Lipinski definition) is 5. The van der Waals surface area contributed by atoms with Gasteiger partial charge in [0, 0.05) is 6.42 Å². The van der Waals surface area contributed by atoms with Crippen LogP contribution in [0.15, 0.2) is 0 Å². The van der Waals surface area contributed by atoms with Crippen LogP contribution in [0.1, 0.15) is 40.0 Å². The second-order valence-electron chi connectivity index (χ2n) is 5.81. The molecule has 0 unspecified atom stereocenters. The Balaban J connectivity index is 4.92. The number of carbonyl (C=O) groups is 4. The highest BCUT2D eigenvalue weighted by molar-refractivity contribution is 5.91. The summed E-state index contributed by atoms with van der Waals surface area (Å²) in [5.41, 5.74) is 5.44. The molecule has 0 bridgehead atoms. The quantitative estimate of drug-likeness (QED) is 0.354. The lowest BCUT2D eigenvalue weighted by Crippen LogP contribution is -2.54. The predicted octanol–water partition coefficient (Wildman–Crippen LogP) is -0.701. The van der Waals surface area contributed by atoms with Crippen molar-refractivity contribution in [3.8, 4) is 0 Å². The van der Waals surface area contributed by atoms with Crippen molar-refractivity contribution in [2.45, 2.75) is 58.2 Å². The molecule has 0 saturated heterocycles. The summed E-state index contributed by atoms with van der Waals surface area (Å²) in [5, 5.41) is 22.4. The Morgan fingerprint density at radius 2 is 1.48 bits per heavy atom. The minimum Gasteiger partial charge on any atom is -0.481 e. The Morgan fingerprint density at radius 1 is 0.957 bits per heavy atom. The van der Waals surface area contributed by atoms with E-state index in [1.54, 1.807) is 0 Å². The van der Waals surface area contributed by atoms with Crippen LogP contribution in [0, 0.1) is 5.92 Å². The maximum atomic E-state index is 12.2. The van der Waals surface area contributed by atoms with Crippen molar-refractivity contribution >= 4 is 23.8 Å². The van der Waals surface area contributed by atoms with Crippen molar-refractivity contribution in [1.82, 2.24) is 10.6 Å². The van der Waals surface area contributed by atoms with E-state index < -0.39 is 48.3 Å². The second-order valence-corrected chi connectivity index (χ2v) is 5.81. The number of rotatable bonds is 10. The normalized spacial score (nSPS) is 14.7. The predicted molar refractivity (Wildman–Crippen MR) is 81.5 cm³/mol. The van der Waals surface area contributed by atoms with Gasteiger partial charge in [-0.3, -0.25) is 14.4 Å². The molecular weight excluding hydrogens is 306 g/mol. The minimum atomic E-state index is -1.33. The molecule has 0 saturated carbocycles. The monoisotopic (exact) mass is 331 g/mol. The third-order valence-electron chi connectivity index (χ3n) is 3.02. The first-order valence-electron chi connectivity index (χ1n) is 7.35. The molecule has 0 aliphatic heterocycles. The van der Waals surface area contributed by atoms with Gasteiger partial charge in [-0.05, 0) is 25.7 Å². The summed E-state index contributed by atoms with van der Waals surface area (Å²) in [4.78, 5) is 45.5. The van der Waals surface area contributed by atoms with Gasteiger partial charge in [-0.1, -0.05) is 13.8 Å². The summed E-state index contributed by atoms with van der Waals surface area (Å²) in [6.45, 7) is 5.15. The number of amides is 2. The zero-order valence-electron chi connectivity index (χ0n) is 13.5. The van der Waals surface area contributed by atoms with Crippen molar-refractivity contribution in [1.29, 1.82) is 0 Å². The molecule has 6 N–H and O–H groups in total. The van der Waals surface area contributed by atoms with Crippen LogP contribution in [0.3, 0.4) is 0 Å². The zero-order chi connectivity index (χ0) is 18.2. The van der Waals surface area contributed by atoms with Gasteiger partial charge in [0.05, 0.1) is 6.04 Å². The third-order valence-corrected chi connectivity index (χ3v) is 3.02. The molecule has 132 valence electrons. The minimum absolute atomic E-state index is 0.0708. The standard InChI is InChI=1S/C14H25N3O6/c1-7(2)6-10(17-12(20)8(3)15)13(21)16-9(14(22)23)4-5-11(18)19/h7-10H,4-6,15H2,1-3H3,(H,16,21)(H,17,20)(H,18,19)(H,22,23)/t8-,9-,10-/m0/s1. The van der Waals surface area contributed by atoms with Gasteiger partial charge in [-0.15, -0.1) is 0 Å². The van der Waals surface area contributed by atoms with Crippen LogP contribution in [0.4, 0.5) is 0 Å². The van der Waals surface area contributed by atoms with E-state index in [1.807, 2.05) is 13.8 Å². The van der Waals surface area contributed by atoms with Crippen LogP contribution < -0.4 is 16.4 Å². The lowest BCUT2D eigenvalue weighted by molar-refractivity contribution is -0.143. The van der Waals surface area contributed by atoms with Crippen LogP contribution in [-0.2, 0) is 19.2 Å². The number of nitrogens with two attached hydrogens (primary N) is 1. The van der Waals surface area contributed by atoms with E-state index in [9.17, 15) is 19.2 Å². The first-order chi connectivity index (χ1) is 10.5. The summed E-state index contributed by atoms with van der Waals surface area (Å²) in [7, 11) is 0. The van der Waals surface area contributed by atoms with Crippen molar-refractivity contribution in [3.63, 3.8) is 0 Å². The van der Waals surface area contributed by atoms with Gasteiger partial charge < -0.3 is 26.6 Å². The van der Waals surface area contributed by atoms with Crippen molar-refractivity contribution in [2.75, 3.05) is 0 Å². The van der Waals surface area contributed by atoms with Crippen molar-refractivity contribution in [3.05, 3.63) is 0 Å². The molecule has 9 nitrogen and oxygen atoms in total. The zero-order valence-corrected chi connectivity index (χ0v) is 13.5. The van der Waals surface area contributed by atoms with Crippen LogP contribution >= 0.6 is 0 Å². The van der Waals surface area contributed by atoms with Gasteiger partial charge in [0.1, 0.15) is 12.1 Å². The molecule has 0 aromatic carbocycles. The largest absolute Gasteiger partial charge is 0.481 e. The van der Waals surface area contributed by atoms with E-state index >= 15 is 0 Å².